The van der Waals surface area contributed by atoms with E-state index in [1.807, 2.05) is 23.9 Å². The molecule has 0 bridgehead atoms. The first-order valence-electron chi connectivity index (χ1n) is 9.56. The van der Waals surface area contributed by atoms with E-state index in [2.05, 4.69) is 27.3 Å². The van der Waals surface area contributed by atoms with Crippen molar-refractivity contribution in [1.29, 1.82) is 0 Å². The van der Waals surface area contributed by atoms with E-state index in [0.29, 0.717) is 18.5 Å². The third-order valence-corrected chi connectivity index (χ3v) is 6.68. The number of carbonyl (C=O) groups is 3. The fourth-order valence-electron chi connectivity index (χ4n) is 3.56. The predicted octanol–water partition coefficient (Wildman–Crippen LogP) is 3.89. The summed E-state index contributed by atoms with van der Waals surface area (Å²) in [4.78, 5) is 38.9. The zero-order chi connectivity index (χ0) is 19.2. The lowest BCUT2D eigenvalue weighted by Crippen LogP contribution is -2.52. The van der Waals surface area contributed by atoms with Crippen molar-refractivity contribution in [2.45, 2.75) is 62.4 Å². The molecule has 0 saturated carbocycles. The summed E-state index contributed by atoms with van der Waals surface area (Å²) in [6.07, 6.45) is 6.96. The van der Waals surface area contributed by atoms with Crippen LogP contribution in [-0.2, 0) is 16.1 Å². The van der Waals surface area contributed by atoms with Crippen LogP contribution in [0.3, 0.4) is 0 Å². The summed E-state index contributed by atoms with van der Waals surface area (Å²) in [7, 11) is 0. The van der Waals surface area contributed by atoms with Crippen LogP contribution in [0, 0.1) is 0 Å². The van der Waals surface area contributed by atoms with Gasteiger partial charge in [-0.25, -0.2) is 0 Å². The number of thioether (sulfide) groups is 1. The molecule has 2 aliphatic heterocycles. The van der Waals surface area contributed by atoms with Crippen molar-refractivity contribution < 1.29 is 14.4 Å². The normalized spacial score (nSPS) is 19.4. The Bertz CT molecular complexity index is 725. The fourth-order valence-corrected chi connectivity index (χ4v) is 4.93. The van der Waals surface area contributed by atoms with E-state index in [4.69, 9.17) is 0 Å². The Kier molecular flexibility index (Phi) is 7.35. The van der Waals surface area contributed by atoms with E-state index >= 15 is 0 Å². The van der Waals surface area contributed by atoms with E-state index in [0.717, 1.165) is 16.6 Å². The van der Waals surface area contributed by atoms with Crippen molar-refractivity contribution in [2.75, 3.05) is 11.1 Å². The SMILES string of the molecule is O=C1CCC(N2Cc3cc(SCCCCCCCBr)ccc3C2=O)C(=O)N1. The second kappa shape index (κ2) is 9.73. The molecule has 1 fully saturated rings. The molecule has 1 aromatic rings. The first-order chi connectivity index (χ1) is 13.1. The third kappa shape index (κ3) is 5.13. The van der Waals surface area contributed by atoms with Crippen LogP contribution in [-0.4, -0.2) is 39.7 Å². The molecule has 0 aromatic heterocycles. The Balaban J connectivity index is 1.53. The van der Waals surface area contributed by atoms with Gasteiger partial charge in [-0.3, -0.25) is 19.7 Å². The maximum absolute atomic E-state index is 12.7. The average molecular weight is 453 g/mol. The summed E-state index contributed by atoms with van der Waals surface area (Å²) in [6, 6.07) is 5.41. The minimum Gasteiger partial charge on any atom is -0.322 e. The number of rotatable bonds is 9. The van der Waals surface area contributed by atoms with Gasteiger partial charge in [-0.1, -0.05) is 35.2 Å². The smallest absolute Gasteiger partial charge is 0.255 e. The Morgan fingerprint density at radius 1 is 1.11 bits per heavy atom. The van der Waals surface area contributed by atoms with Gasteiger partial charge in [-0.05, 0) is 48.8 Å². The van der Waals surface area contributed by atoms with E-state index in [1.54, 1.807) is 4.90 Å². The van der Waals surface area contributed by atoms with Gasteiger partial charge >= 0.3 is 0 Å². The number of piperidine rings is 1. The summed E-state index contributed by atoms with van der Waals surface area (Å²) < 4.78 is 0. The van der Waals surface area contributed by atoms with Crippen LogP contribution >= 0.6 is 27.7 Å². The molecule has 7 heteroatoms. The van der Waals surface area contributed by atoms with E-state index in [-0.39, 0.29) is 24.1 Å². The number of imide groups is 1. The van der Waals surface area contributed by atoms with Crippen molar-refractivity contribution in [3.05, 3.63) is 29.3 Å². The molecule has 2 heterocycles. The van der Waals surface area contributed by atoms with Gasteiger partial charge in [0.05, 0.1) is 0 Å². The highest BCUT2D eigenvalue weighted by atomic mass is 79.9. The van der Waals surface area contributed by atoms with Crippen LogP contribution in [0.15, 0.2) is 23.1 Å². The van der Waals surface area contributed by atoms with Crippen LogP contribution in [0.4, 0.5) is 0 Å². The van der Waals surface area contributed by atoms with Crippen LogP contribution < -0.4 is 5.32 Å². The van der Waals surface area contributed by atoms with Gasteiger partial charge in [-0.2, -0.15) is 0 Å². The Morgan fingerprint density at radius 3 is 2.67 bits per heavy atom. The molecule has 2 aliphatic rings. The number of amides is 3. The summed E-state index contributed by atoms with van der Waals surface area (Å²) in [5, 5.41) is 3.43. The molecule has 1 saturated heterocycles. The summed E-state index contributed by atoms with van der Waals surface area (Å²) >= 11 is 5.28. The number of nitrogens with one attached hydrogen (secondary N) is 1. The second-order valence-electron chi connectivity index (χ2n) is 7.02. The van der Waals surface area contributed by atoms with E-state index in [1.165, 1.54) is 37.0 Å². The number of alkyl halides is 1. The van der Waals surface area contributed by atoms with Gasteiger partial charge in [0.2, 0.25) is 11.8 Å². The van der Waals surface area contributed by atoms with Crippen molar-refractivity contribution in [2.24, 2.45) is 0 Å². The van der Waals surface area contributed by atoms with Crippen LogP contribution in [0.25, 0.3) is 0 Å². The highest BCUT2D eigenvalue weighted by Crippen LogP contribution is 2.31. The summed E-state index contributed by atoms with van der Waals surface area (Å²) in [5.74, 6) is 0.355. The molecule has 3 rings (SSSR count). The topological polar surface area (TPSA) is 66.5 Å². The van der Waals surface area contributed by atoms with Crippen LogP contribution in [0.2, 0.25) is 0 Å². The van der Waals surface area contributed by atoms with E-state index in [9.17, 15) is 14.4 Å². The summed E-state index contributed by atoms with van der Waals surface area (Å²) in [6.45, 7) is 0.446. The first-order valence-corrected chi connectivity index (χ1v) is 11.7. The highest BCUT2D eigenvalue weighted by Gasteiger charge is 2.38. The molecule has 0 spiro atoms. The monoisotopic (exact) mass is 452 g/mol. The maximum Gasteiger partial charge on any atom is 0.255 e. The Labute approximate surface area is 172 Å². The molecule has 0 aliphatic carbocycles. The number of hydrogen-bond acceptors (Lipinski definition) is 4. The van der Waals surface area contributed by atoms with Crippen LogP contribution in [0.1, 0.15) is 60.9 Å². The number of halogens is 1. The minimum atomic E-state index is -0.543. The Hall–Kier alpha value is -1.34. The number of benzene rings is 1. The number of nitrogens with zero attached hydrogens (tertiary/aromatic N) is 1. The molecule has 27 heavy (non-hydrogen) atoms. The largest absolute Gasteiger partial charge is 0.322 e. The zero-order valence-electron chi connectivity index (χ0n) is 15.3. The lowest BCUT2D eigenvalue weighted by atomic mass is 10.0. The quantitative estimate of drug-likeness (QED) is 0.267. The zero-order valence-corrected chi connectivity index (χ0v) is 17.7. The molecule has 1 aromatic carbocycles. The van der Waals surface area contributed by atoms with Crippen LogP contribution in [0.5, 0.6) is 0 Å². The predicted molar refractivity (Wildman–Crippen MR) is 110 cm³/mol. The van der Waals surface area contributed by atoms with Gasteiger partial charge in [-0.15, -0.1) is 11.8 Å². The van der Waals surface area contributed by atoms with Crippen molar-refractivity contribution in [3.63, 3.8) is 0 Å². The van der Waals surface area contributed by atoms with Gasteiger partial charge in [0, 0.05) is 28.8 Å². The third-order valence-electron chi connectivity index (χ3n) is 5.04. The molecule has 5 nitrogen and oxygen atoms in total. The maximum atomic E-state index is 12.7. The number of hydrogen-bond donors (Lipinski definition) is 1. The summed E-state index contributed by atoms with van der Waals surface area (Å²) in [5.41, 5.74) is 1.66. The fraction of sp³-hybridized carbons (Fsp3) is 0.550. The van der Waals surface area contributed by atoms with Gasteiger partial charge < -0.3 is 4.90 Å². The molecular weight excluding hydrogens is 428 g/mol. The van der Waals surface area contributed by atoms with Crippen molar-refractivity contribution >= 4 is 45.4 Å². The number of fused-ring (bicyclic) bond motifs is 1. The standard InChI is InChI=1S/C20H25BrN2O3S/c21-10-4-2-1-3-5-11-27-15-6-7-16-14(12-15)13-23(20(16)26)17-8-9-18(24)22-19(17)25/h6-7,12,17H,1-5,8-11,13H2,(H,22,24,25). The second-order valence-corrected chi connectivity index (χ2v) is 8.99. The minimum absolute atomic E-state index is 0.108. The van der Waals surface area contributed by atoms with Gasteiger partial charge in [0.1, 0.15) is 6.04 Å². The van der Waals surface area contributed by atoms with Crippen molar-refractivity contribution in [1.82, 2.24) is 10.2 Å². The molecule has 1 unspecified atom stereocenters. The van der Waals surface area contributed by atoms with Crippen molar-refractivity contribution in [3.8, 4) is 0 Å². The molecule has 146 valence electrons. The van der Waals surface area contributed by atoms with Gasteiger partial charge in [0.15, 0.2) is 0 Å². The molecule has 1 N–H and O–H groups in total. The van der Waals surface area contributed by atoms with E-state index < -0.39 is 6.04 Å². The Morgan fingerprint density at radius 2 is 1.89 bits per heavy atom. The van der Waals surface area contributed by atoms with Gasteiger partial charge in [0.25, 0.3) is 5.91 Å². The lowest BCUT2D eigenvalue weighted by molar-refractivity contribution is -0.136. The number of unbranched alkanes of at least 4 members (excludes halogenated alkanes) is 4. The number of carbonyl (C=O) groups excluding carboxylic acids is 3. The molecule has 3 amide bonds. The molecule has 1 atom stereocenters. The molecular formula is C20H25BrN2O3S. The highest BCUT2D eigenvalue weighted by molar-refractivity contribution is 9.09. The first kappa shape index (κ1) is 20.4. The lowest BCUT2D eigenvalue weighted by Gasteiger charge is -2.29. The average Bonchev–Trinajstić information content (AvgIpc) is 2.97. The molecule has 0 radical (unpaired) electrons.